The van der Waals surface area contributed by atoms with Crippen molar-refractivity contribution in [1.29, 1.82) is 0 Å². The van der Waals surface area contributed by atoms with E-state index in [0.717, 1.165) is 4.48 Å². The van der Waals surface area contributed by atoms with Gasteiger partial charge in [-0.05, 0) is 0 Å². The first-order valence-corrected chi connectivity index (χ1v) is 7.24. The number of nitrogens with zero attached hydrogens (tertiary/aromatic N) is 1. The first-order chi connectivity index (χ1) is 9.30. The maximum atomic E-state index is 2.41. The second kappa shape index (κ2) is 5.18. The molecule has 0 aromatic heterocycles. The quantitative estimate of drug-likeness (QED) is 0.724. The molecular weight excluding hydrogens is 230 g/mol. The molecule has 19 heavy (non-hydrogen) atoms. The van der Waals surface area contributed by atoms with Crippen LogP contribution in [0, 0.1) is 0 Å². The Hall–Kier alpha value is -1.60. The van der Waals surface area contributed by atoms with E-state index in [1.54, 1.807) is 0 Å². The summed E-state index contributed by atoms with van der Waals surface area (Å²) in [7, 11) is 2.41. The third-order valence-corrected chi connectivity index (χ3v) is 4.44. The Balaban J connectivity index is 2.06. The molecule has 0 spiro atoms. The van der Waals surface area contributed by atoms with Crippen molar-refractivity contribution < 1.29 is 4.48 Å². The lowest BCUT2D eigenvalue weighted by molar-refractivity contribution is -0.922. The highest BCUT2D eigenvalue weighted by Gasteiger charge is 2.37. The fourth-order valence-electron chi connectivity index (χ4n) is 3.50. The maximum Gasteiger partial charge on any atom is 0.140 e. The SMILES string of the molecule is C[N+]1(C(c2ccccc2)c2ccccc2)CCCC1. The van der Waals surface area contributed by atoms with E-state index < -0.39 is 0 Å². The minimum atomic E-state index is 0.477. The lowest BCUT2D eigenvalue weighted by atomic mass is 9.95. The Bertz CT molecular complexity index is 472. The lowest BCUT2D eigenvalue weighted by Crippen LogP contribution is -2.44. The van der Waals surface area contributed by atoms with Crippen LogP contribution in [0.4, 0.5) is 0 Å². The number of rotatable bonds is 3. The van der Waals surface area contributed by atoms with E-state index in [0.29, 0.717) is 6.04 Å². The molecule has 0 bridgehead atoms. The van der Waals surface area contributed by atoms with Crippen LogP contribution in [0.15, 0.2) is 60.7 Å². The Kier molecular flexibility index (Phi) is 3.39. The molecule has 0 aliphatic carbocycles. The van der Waals surface area contributed by atoms with Crippen LogP contribution in [0.3, 0.4) is 0 Å². The molecule has 1 nitrogen and oxygen atoms in total. The van der Waals surface area contributed by atoms with Crippen molar-refractivity contribution in [2.24, 2.45) is 0 Å². The molecule has 1 aliphatic heterocycles. The van der Waals surface area contributed by atoms with Gasteiger partial charge in [0, 0.05) is 24.0 Å². The number of likely N-dealkylation sites (tertiary alicyclic amines) is 1. The maximum absolute atomic E-state index is 2.41. The summed E-state index contributed by atoms with van der Waals surface area (Å²) < 4.78 is 1.15. The summed E-state index contributed by atoms with van der Waals surface area (Å²) in [6, 6.07) is 22.4. The smallest absolute Gasteiger partial charge is 0.140 e. The lowest BCUT2D eigenvalue weighted by Gasteiger charge is -2.38. The van der Waals surface area contributed by atoms with Crippen LogP contribution in [0.2, 0.25) is 0 Å². The standard InChI is InChI=1S/C18H22N/c1-19(14-8-9-15-19)18(16-10-4-2-5-11-16)17-12-6-3-7-13-17/h2-7,10-13,18H,8-9,14-15H2,1H3/q+1. The molecular formula is C18H22N+. The van der Waals surface area contributed by atoms with E-state index in [2.05, 4.69) is 67.7 Å². The van der Waals surface area contributed by atoms with Crippen LogP contribution in [-0.2, 0) is 0 Å². The van der Waals surface area contributed by atoms with Crippen molar-refractivity contribution in [3.05, 3.63) is 71.8 Å². The monoisotopic (exact) mass is 252 g/mol. The topological polar surface area (TPSA) is 0 Å². The summed E-state index contributed by atoms with van der Waals surface area (Å²) in [5, 5.41) is 0. The Labute approximate surface area is 116 Å². The Morgan fingerprint density at radius 2 is 1.16 bits per heavy atom. The molecule has 3 rings (SSSR count). The van der Waals surface area contributed by atoms with Crippen LogP contribution in [0.25, 0.3) is 0 Å². The molecule has 1 heterocycles. The Morgan fingerprint density at radius 3 is 1.58 bits per heavy atom. The summed E-state index contributed by atoms with van der Waals surface area (Å²) in [5.41, 5.74) is 2.89. The highest BCUT2D eigenvalue weighted by Crippen LogP contribution is 2.36. The van der Waals surface area contributed by atoms with E-state index in [1.807, 2.05) is 0 Å². The van der Waals surface area contributed by atoms with Gasteiger partial charge < -0.3 is 4.48 Å². The Morgan fingerprint density at radius 1 is 0.737 bits per heavy atom. The van der Waals surface area contributed by atoms with Gasteiger partial charge in [-0.1, -0.05) is 60.7 Å². The van der Waals surface area contributed by atoms with Crippen molar-refractivity contribution in [3.8, 4) is 0 Å². The summed E-state index contributed by atoms with van der Waals surface area (Å²) in [6.07, 6.45) is 2.71. The zero-order valence-electron chi connectivity index (χ0n) is 11.6. The van der Waals surface area contributed by atoms with Crippen molar-refractivity contribution in [2.45, 2.75) is 18.9 Å². The molecule has 0 atom stereocenters. The number of hydrogen-bond donors (Lipinski definition) is 0. The molecule has 0 N–H and O–H groups in total. The van der Waals surface area contributed by atoms with Crippen molar-refractivity contribution >= 4 is 0 Å². The van der Waals surface area contributed by atoms with Gasteiger partial charge in [0.1, 0.15) is 6.04 Å². The first kappa shape index (κ1) is 12.4. The van der Waals surface area contributed by atoms with Crippen molar-refractivity contribution in [1.82, 2.24) is 0 Å². The molecule has 98 valence electrons. The van der Waals surface area contributed by atoms with E-state index >= 15 is 0 Å². The molecule has 0 radical (unpaired) electrons. The van der Waals surface area contributed by atoms with Crippen molar-refractivity contribution in [2.75, 3.05) is 20.1 Å². The zero-order chi connectivity index (χ0) is 13.1. The highest BCUT2D eigenvalue weighted by atomic mass is 15.4. The minimum absolute atomic E-state index is 0.477. The fraction of sp³-hybridized carbons (Fsp3) is 0.333. The van der Waals surface area contributed by atoms with Gasteiger partial charge in [-0.15, -0.1) is 0 Å². The van der Waals surface area contributed by atoms with Crippen LogP contribution < -0.4 is 0 Å². The van der Waals surface area contributed by atoms with Crippen LogP contribution in [-0.4, -0.2) is 24.6 Å². The molecule has 0 amide bonds. The molecule has 2 aromatic carbocycles. The molecule has 0 saturated carbocycles. The highest BCUT2D eigenvalue weighted by molar-refractivity contribution is 5.30. The molecule has 1 fully saturated rings. The van der Waals surface area contributed by atoms with E-state index in [9.17, 15) is 0 Å². The largest absolute Gasteiger partial charge is 0.316 e. The van der Waals surface area contributed by atoms with Gasteiger partial charge in [0.25, 0.3) is 0 Å². The van der Waals surface area contributed by atoms with Crippen LogP contribution in [0.5, 0.6) is 0 Å². The molecule has 0 unspecified atom stereocenters. The van der Waals surface area contributed by atoms with E-state index in [-0.39, 0.29) is 0 Å². The van der Waals surface area contributed by atoms with Crippen LogP contribution in [0.1, 0.15) is 30.0 Å². The van der Waals surface area contributed by atoms with Gasteiger partial charge in [0.2, 0.25) is 0 Å². The molecule has 1 heteroatoms. The van der Waals surface area contributed by atoms with Gasteiger partial charge >= 0.3 is 0 Å². The number of benzene rings is 2. The van der Waals surface area contributed by atoms with Gasteiger partial charge in [0.15, 0.2) is 0 Å². The second-order valence-corrected chi connectivity index (χ2v) is 5.86. The summed E-state index contributed by atoms with van der Waals surface area (Å²) in [4.78, 5) is 0. The first-order valence-electron chi connectivity index (χ1n) is 7.24. The predicted octanol–water partition coefficient (Wildman–Crippen LogP) is 4.02. The van der Waals surface area contributed by atoms with Gasteiger partial charge in [-0.25, -0.2) is 0 Å². The number of hydrogen-bond acceptors (Lipinski definition) is 0. The van der Waals surface area contributed by atoms with E-state index in [4.69, 9.17) is 0 Å². The van der Waals surface area contributed by atoms with Crippen molar-refractivity contribution in [3.63, 3.8) is 0 Å². The summed E-state index contributed by atoms with van der Waals surface area (Å²) in [5.74, 6) is 0. The normalized spacial score (nSPS) is 17.8. The van der Waals surface area contributed by atoms with Gasteiger partial charge in [-0.2, -0.15) is 0 Å². The minimum Gasteiger partial charge on any atom is -0.316 e. The average molecular weight is 252 g/mol. The molecule has 2 aromatic rings. The average Bonchev–Trinajstić information content (AvgIpc) is 2.89. The third kappa shape index (κ3) is 2.43. The number of quaternary nitrogens is 1. The van der Waals surface area contributed by atoms with Crippen LogP contribution >= 0.6 is 0 Å². The fourth-order valence-corrected chi connectivity index (χ4v) is 3.50. The summed E-state index contributed by atoms with van der Waals surface area (Å²) in [6.45, 7) is 2.57. The second-order valence-electron chi connectivity index (χ2n) is 5.86. The zero-order valence-corrected chi connectivity index (χ0v) is 11.6. The molecule has 1 aliphatic rings. The molecule has 1 saturated heterocycles. The van der Waals surface area contributed by atoms with Gasteiger partial charge in [-0.3, -0.25) is 0 Å². The predicted molar refractivity (Wildman–Crippen MR) is 79.9 cm³/mol. The summed E-state index contributed by atoms with van der Waals surface area (Å²) >= 11 is 0. The van der Waals surface area contributed by atoms with E-state index in [1.165, 1.54) is 37.1 Å². The third-order valence-electron chi connectivity index (χ3n) is 4.44. The van der Waals surface area contributed by atoms with Gasteiger partial charge in [0.05, 0.1) is 20.1 Å².